The Balaban J connectivity index is 1.63. The van der Waals surface area contributed by atoms with E-state index in [9.17, 15) is 5.11 Å². The van der Waals surface area contributed by atoms with Crippen LogP contribution in [-0.2, 0) is 0 Å². The zero-order valence-electron chi connectivity index (χ0n) is 13.1. The first-order valence-corrected chi connectivity index (χ1v) is 8.89. The van der Waals surface area contributed by atoms with Gasteiger partial charge in [-0.3, -0.25) is 0 Å². The zero-order chi connectivity index (χ0) is 14.0. The van der Waals surface area contributed by atoms with Crippen LogP contribution in [0.5, 0.6) is 0 Å². The van der Waals surface area contributed by atoms with Gasteiger partial charge < -0.3 is 5.11 Å². The molecule has 4 aliphatic carbocycles. The maximum absolute atomic E-state index is 10.0. The van der Waals surface area contributed by atoms with Crippen LogP contribution < -0.4 is 0 Å². The second-order valence-electron chi connectivity index (χ2n) is 8.77. The molecule has 20 heavy (non-hydrogen) atoms. The molecule has 0 saturated heterocycles. The number of fused-ring (bicyclic) bond motifs is 5. The molecule has 0 aromatic rings. The van der Waals surface area contributed by atoms with Crippen LogP contribution in [0, 0.1) is 34.5 Å². The minimum absolute atomic E-state index is 0.00775. The van der Waals surface area contributed by atoms with E-state index in [0.717, 1.165) is 36.5 Å². The van der Waals surface area contributed by atoms with E-state index in [1.807, 2.05) is 0 Å². The Labute approximate surface area is 123 Å². The maximum Gasteiger partial charge on any atom is 0.0543 e. The number of aliphatic hydroxyl groups excluding tert-OH is 1. The number of hydrogen-bond acceptors (Lipinski definition) is 1. The molecule has 7 atom stereocenters. The summed E-state index contributed by atoms with van der Waals surface area (Å²) in [4.78, 5) is 0. The van der Waals surface area contributed by atoms with Gasteiger partial charge in [-0.2, -0.15) is 0 Å². The first-order chi connectivity index (χ1) is 9.53. The van der Waals surface area contributed by atoms with Crippen molar-refractivity contribution in [2.75, 3.05) is 0 Å². The van der Waals surface area contributed by atoms with Gasteiger partial charge in [0.05, 0.1) is 6.10 Å². The van der Waals surface area contributed by atoms with Gasteiger partial charge in [-0.25, -0.2) is 0 Å². The second kappa shape index (κ2) is 4.35. The molecule has 0 aliphatic heterocycles. The smallest absolute Gasteiger partial charge is 0.0543 e. The number of rotatable bonds is 0. The average Bonchev–Trinajstić information content (AvgIpc) is 2.81. The Bertz CT molecular complexity index is 427. The van der Waals surface area contributed by atoms with Crippen LogP contribution in [0.2, 0.25) is 0 Å². The SMILES string of the molecule is C[C@@]12CC[C@@H](O)C[C@H]1CC[C@@H]1[C@H]2CC[C@]2(C)C=CC[C@@H]12. The van der Waals surface area contributed by atoms with Gasteiger partial charge in [0.1, 0.15) is 0 Å². The Morgan fingerprint density at radius 2 is 1.85 bits per heavy atom. The summed E-state index contributed by atoms with van der Waals surface area (Å²) in [5.41, 5.74) is 1.05. The van der Waals surface area contributed by atoms with Gasteiger partial charge in [-0.05, 0) is 85.9 Å². The Hall–Kier alpha value is -0.300. The van der Waals surface area contributed by atoms with Crippen LogP contribution in [-0.4, -0.2) is 11.2 Å². The lowest BCUT2D eigenvalue weighted by Crippen LogP contribution is -2.53. The first-order valence-electron chi connectivity index (χ1n) is 8.89. The molecule has 0 bridgehead atoms. The summed E-state index contributed by atoms with van der Waals surface area (Å²) in [5, 5.41) is 10.0. The number of aliphatic hydroxyl groups is 1. The van der Waals surface area contributed by atoms with E-state index in [1.54, 1.807) is 0 Å². The third-order valence-corrected chi connectivity index (χ3v) is 7.96. The molecule has 1 nitrogen and oxygen atoms in total. The second-order valence-corrected chi connectivity index (χ2v) is 8.77. The third-order valence-electron chi connectivity index (χ3n) is 7.96. The van der Waals surface area contributed by atoms with E-state index in [4.69, 9.17) is 0 Å². The highest BCUT2D eigenvalue weighted by atomic mass is 16.3. The molecule has 4 aliphatic rings. The van der Waals surface area contributed by atoms with E-state index in [2.05, 4.69) is 26.0 Å². The Morgan fingerprint density at radius 1 is 1.00 bits per heavy atom. The maximum atomic E-state index is 10.0. The lowest BCUT2D eigenvalue weighted by molar-refractivity contribution is -0.116. The standard InChI is InChI=1S/C19H30O/c1-18-9-3-4-16(18)15-6-5-13-12-14(20)7-11-19(13,2)17(15)8-10-18/h3,9,13-17,20H,4-8,10-12H2,1-2H3/t13-,14-,15+,16+,17-,18+,19-/m1/s1. The largest absolute Gasteiger partial charge is 0.393 e. The summed E-state index contributed by atoms with van der Waals surface area (Å²) in [6.07, 6.45) is 15.4. The van der Waals surface area contributed by atoms with Crippen molar-refractivity contribution in [3.63, 3.8) is 0 Å². The molecule has 0 spiro atoms. The van der Waals surface area contributed by atoms with Gasteiger partial charge in [-0.1, -0.05) is 26.0 Å². The molecule has 0 heterocycles. The molecule has 1 heteroatoms. The highest BCUT2D eigenvalue weighted by Gasteiger charge is 2.56. The van der Waals surface area contributed by atoms with Crippen LogP contribution in [0.1, 0.15) is 65.2 Å². The molecule has 3 saturated carbocycles. The fourth-order valence-corrected chi connectivity index (χ4v) is 6.72. The van der Waals surface area contributed by atoms with Crippen molar-refractivity contribution in [2.24, 2.45) is 34.5 Å². The molecule has 112 valence electrons. The molecule has 3 fully saturated rings. The Morgan fingerprint density at radius 3 is 2.70 bits per heavy atom. The monoisotopic (exact) mass is 274 g/mol. The summed E-state index contributed by atoms with van der Waals surface area (Å²) >= 11 is 0. The van der Waals surface area contributed by atoms with E-state index in [1.165, 1.54) is 38.5 Å². The molecule has 0 aromatic heterocycles. The van der Waals surface area contributed by atoms with Gasteiger partial charge in [-0.15, -0.1) is 0 Å². The summed E-state index contributed by atoms with van der Waals surface area (Å²) in [6.45, 7) is 5.09. The zero-order valence-corrected chi connectivity index (χ0v) is 13.1. The predicted octanol–water partition coefficient (Wildman–Crippen LogP) is 4.56. The fourth-order valence-electron chi connectivity index (χ4n) is 6.72. The highest BCUT2D eigenvalue weighted by Crippen LogP contribution is 2.64. The van der Waals surface area contributed by atoms with E-state index >= 15 is 0 Å². The van der Waals surface area contributed by atoms with Crippen molar-refractivity contribution in [1.82, 2.24) is 0 Å². The van der Waals surface area contributed by atoms with E-state index in [0.29, 0.717) is 10.8 Å². The third kappa shape index (κ3) is 1.71. The molecular weight excluding hydrogens is 244 g/mol. The van der Waals surface area contributed by atoms with Crippen molar-refractivity contribution < 1.29 is 5.11 Å². The van der Waals surface area contributed by atoms with Crippen molar-refractivity contribution in [3.05, 3.63) is 12.2 Å². The van der Waals surface area contributed by atoms with Gasteiger partial charge >= 0.3 is 0 Å². The molecule has 0 amide bonds. The molecule has 0 radical (unpaired) electrons. The van der Waals surface area contributed by atoms with Crippen molar-refractivity contribution in [2.45, 2.75) is 71.3 Å². The lowest BCUT2D eigenvalue weighted by Gasteiger charge is -2.60. The van der Waals surface area contributed by atoms with Crippen LogP contribution >= 0.6 is 0 Å². The fraction of sp³-hybridized carbons (Fsp3) is 0.895. The van der Waals surface area contributed by atoms with Crippen LogP contribution in [0.25, 0.3) is 0 Å². The summed E-state index contributed by atoms with van der Waals surface area (Å²) in [5.74, 6) is 3.61. The van der Waals surface area contributed by atoms with Gasteiger partial charge in [0.15, 0.2) is 0 Å². The summed E-state index contributed by atoms with van der Waals surface area (Å²) in [6, 6.07) is 0. The van der Waals surface area contributed by atoms with Crippen LogP contribution in [0.4, 0.5) is 0 Å². The van der Waals surface area contributed by atoms with Gasteiger partial charge in [0, 0.05) is 0 Å². The van der Waals surface area contributed by atoms with Crippen molar-refractivity contribution in [3.8, 4) is 0 Å². The van der Waals surface area contributed by atoms with Crippen molar-refractivity contribution >= 4 is 0 Å². The molecule has 0 unspecified atom stereocenters. The molecule has 0 aromatic carbocycles. The van der Waals surface area contributed by atoms with E-state index < -0.39 is 0 Å². The predicted molar refractivity (Wildman–Crippen MR) is 82.3 cm³/mol. The normalized spacial score (nSPS) is 57.9. The number of hydrogen-bond donors (Lipinski definition) is 1. The molecule has 1 N–H and O–H groups in total. The van der Waals surface area contributed by atoms with Crippen LogP contribution in [0.3, 0.4) is 0 Å². The Kier molecular flexibility index (Phi) is 2.91. The van der Waals surface area contributed by atoms with E-state index in [-0.39, 0.29) is 6.10 Å². The van der Waals surface area contributed by atoms with Gasteiger partial charge in [0.2, 0.25) is 0 Å². The quantitative estimate of drug-likeness (QED) is 0.642. The molecule has 4 rings (SSSR count). The topological polar surface area (TPSA) is 20.2 Å². The summed E-state index contributed by atoms with van der Waals surface area (Å²) < 4.78 is 0. The average molecular weight is 274 g/mol. The first kappa shape index (κ1) is 13.4. The number of allylic oxidation sites excluding steroid dienone is 2. The minimum Gasteiger partial charge on any atom is -0.393 e. The molecular formula is C19H30O. The summed E-state index contributed by atoms with van der Waals surface area (Å²) in [7, 11) is 0. The highest BCUT2D eigenvalue weighted by molar-refractivity contribution is 5.16. The van der Waals surface area contributed by atoms with Crippen LogP contribution in [0.15, 0.2) is 12.2 Å². The minimum atomic E-state index is -0.00775. The lowest BCUT2D eigenvalue weighted by atomic mass is 9.45. The van der Waals surface area contributed by atoms with Crippen molar-refractivity contribution in [1.29, 1.82) is 0 Å². The van der Waals surface area contributed by atoms with Gasteiger partial charge in [0.25, 0.3) is 0 Å².